The van der Waals surface area contributed by atoms with E-state index in [0.29, 0.717) is 13.0 Å². The number of rotatable bonds is 4. The van der Waals surface area contributed by atoms with Crippen molar-refractivity contribution in [1.82, 2.24) is 0 Å². The summed E-state index contributed by atoms with van der Waals surface area (Å²) in [6.45, 7) is 11.4. The van der Waals surface area contributed by atoms with Gasteiger partial charge in [-0.25, -0.2) is 0 Å². The molecule has 0 aromatic carbocycles. The van der Waals surface area contributed by atoms with Gasteiger partial charge in [-0.2, -0.15) is 0 Å². The summed E-state index contributed by atoms with van der Waals surface area (Å²) in [6.07, 6.45) is 0.477. The van der Waals surface area contributed by atoms with Crippen molar-refractivity contribution in [2.24, 2.45) is 5.16 Å². The van der Waals surface area contributed by atoms with Crippen molar-refractivity contribution < 1.29 is 9.63 Å². The van der Waals surface area contributed by atoms with Crippen LogP contribution in [0.5, 0.6) is 0 Å². The Bertz CT molecular complexity index is 211. The zero-order valence-electron chi connectivity index (χ0n) is 9.59. The normalized spacial score (nSPS) is 14.6. The van der Waals surface area contributed by atoms with Crippen LogP contribution < -0.4 is 0 Å². The Balaban J connectivity index is 4.01. The molecule has 3 nitrogen and oxygen atoms in total. The SMILES string of the molecule is CC(C)(C)[Si](C)(C)OCCC(Cl)=NO. The number of halogens is 1. The fourth-order valence-electron chi connectivity index (χ4n) is 0.657. The first-order chi connectivity index (χ1) is 6.20. The minimum Gasteiger partial charge on any atom is -0.416 e. The second kappa shape index (κ2) is 5.14. The number of hydrogen-bond donors (Lipinski definition) is 1. The Morgan fingerprint density at radius 3 is 2.29 bits per heavy atom. The standard InChI is InChI=1S/C9H20ClNO2Si/c1-9(2,3)14(4,5)13-7-6-8(10)11-12/h12H,6-7H2,1-5H3. The number of nitrogens with zero attached hydrogens (tertiary/aromatic N) is 1. The average Bonchev–Trinajstić information content (AvgIpc) is 2.01. The molecule has 14 heavy (non-hydrogen) atoms. The fourth-order valence-corrected chi connectivity index (χ4v) is 1.78. The maximum absolute atomic E-state index is 8.34. The van der Waals surface area contributed by atoms with Gasteiger partial charge in [0.1, 0.15) is 5.17 Å². The van der Waals surface area contributed by atoms with Crippen molar-refractivity contribution in [3.8, 4) is 0 Å². The van der Waals surface area contributed by atoms with Gasteiger partial charge in [-0.15, -0.1) is 0 Å². The molecular weight excluding hydrogens is 218 g/mol. The van der Waals surface area contributed by atoms with Crippen LogP contribution in [-0.4, -0.2) is 25.3 Å². The van der Waals surface area contributed by atoms with Crippen LogP contribution in [0.1, 0.15) is 27.2 Å². The van der Waals surface area contributed by atoms with Crippen molar-refractivity contribution >= 4 is 25.1 Å². The highest BCUT2D eigenvalue weighted by Crippen LogP contribution is 2.36. The van der Waals surface area contributed by atoms with E-state index >= 15 is 0 Å². The lowest BCUT2D eigenvalue weighted by Gasteiger charge is -2.36. The third-order valence-corrected chi connectivity index (χ3v) is 7.49. The van der Waals surface area contributed by atoms with E-state index in [-0.39, 0.29) is 10.2 Å². The van der Waals surface area contributed by atoms with Gasteiger partial charge in [0.2, 0.25) is 0 Å². The maximum Gasteiger partial charge on any atom is 0.191 e. The molecule has 0 bridgehead atoms. The lowest BCUT2D eigenvalue weighted by molar-refractivity contribution is 0.291. The van der Waals surface area contributed by atoms with Crippen LogP contribution in [-0.2, 0) is 4.43 Å². The molecule has 0 aromatic rings. The van der Waals surface area contributed by atoms with Gasteiger partial charge in [-0.3, -0.25) is 0 Å². The van der Waals surface area contributed by atoms with E-state index in [9.17, 15) is 0 Å². The Hall–Kier alpha value is -0.0631. The first-order valence-electron chi connectivity index (χ1n) is 4.71. The topological polar surface area (TPSA) is 41.8 Å². The first-order valence-corrected chi connectivity index (χ1v) is 8.00. The molecule has 0 aliphatic heterocycles. The first kappa shape index (κ1) is 13.9. The summed E-state index contributed by atoms with van der Waals surface area (Å²) in [4.78, 5) is 0. The molecule has 0 saturated heterocycles. The van der Waals surface area contributed by atoms with Gasteiger partial charge in [0.15, 0.2) is 8.32 Å². The van der Waals surface area contributed by atoms with Crippen LogP contribution in [0.3, 0.4) is 0 Å². The summed E-state index contributed by atoms with van der Waals surface area (Å²) in [7, 11) is -1.68. The Morgan fingerprint density at radius 1 is 1.43 bits per heavy atom. The molecule has 0 aliphatic carbocycles. The maximum atomic E-state index is 8.34. The van der Waals surface area contributed by atoms with E-state index < -0.39 is 8.32 Å². The summed E-state index contributed by atoms with van der Waals surface area (Å²) in [5, 5.41) is 11.6. The van der Waals surface area contributed by atoms with Crippen LogP contribution in [0.15, 0.2) is 5.16 Å². The Labute approximate surface area is 92.2 Å². The van der Waals surface area contributed by atoms with E-state index in [4.69, 9.17) is 21.2 Å². The molecule has 0 aliphatic rings. The van der Waals surface area contributed by atoms with Crippen LogP contribution in [0, 0.1) is 0 Å². The van der Waals surface area contributed by atoms with Crippen LogP contribution >= 0.6 is 11.6 Å². The Morgan fingerprint density at radius 2 is 1.93 bits per heavy atom. The quantitative estimate of drug-likeness (QED) is 0.352. The van der Waals surface area contributed by atoms with Gasteiger partial charge in [0.05, 0.1) is 0 Å². The molecule has 0 amide bonds. The number of hydrogen-bond acceptors (Lipinski definition) is 3. The van der Waals surface area contributed by atoms with E-state index in [0.717, 1.165) is 0 Å². The minimum absolute atomic E-state index is 0.198. The molecule has 0 heterocycles. The lowest BCUT2D eigenvalue weighted by atomic mass is 10.2. The smallest absolute Gasteiger partial charge is 0.191 e. The second-order valence-electron chi connectivity index (χ2n) is 4.84. The molecule has 5 heteroatoms. The highest BCUT2D eigenvalue weighted by molar-refractivity contribution is 6.74. The Kier molecular flexibility index (Phi) is 5.12. The van der Waals surface area contributed by atoms with Gasteiger partial charge in [0, 0.05) is 13.0 Å². The van der Waals surface area contributed by atoms with E-state index in [2.05, 4.69) is 39.0 Å². The number of oxime groups is 1. The molecule has 0 aromatic heterocycles. The van der Waals surface area contributed by atoms with Gasteiger partial charge in [-0.05, 0) is 18.1 Å². The summed E-state index contributed by atoms with van der Waals surface area (Å²) in [5.41, 5.74) is 0. The fraction of sp³-hybridized carbons (Fsp3) is 0.889. The summed E-state index contributed by atoms with van der Waals surface area (Å²) in [6, 6.07) is 0. The third kappa shape index (κ3) is 4.44. The van der Waals surface area contributed by atoms with Crippen molar-refractivity contribution in [3.63, 3.8) is 0 Å². The molecule has 84 valence electrons. The van der Waals surface area contributed by atoms with Gasteiger partial charge in [0.25, 0.3) is 0 Å². The molecule has 0 unspecified atom stereocenters. The van der Waals surface area contributed by atoms with Gasteiger partial charge >= 0.3 is 0 Å². The van der Waals surface area contributed by atoms with E-state index in [1.165, 1.54) is 0 Å². The summed E-state index contributed by atoms with van der Waals surface area (Å²) >= 11 is 5.54. The van der Waals surface area contributed by atoms with Crippen molar-refractivity contribution in [1.29, 1.82) is 0 Å². The molecule has 0 radical (unpaired) electrons. The monoisotopic (exact) mass is 237 g/mol. The molecule has 0 saturated carbocycles. The van der Waals surface area contributed by atoms with Crippen LogP contribution in [0.2, 0.25) is 18.1 Å². The predicted molar refractivity (Wildman–Crippen MR) is 62.8 cm³/mol. The molecule has 0 spiro atoms. The summed E-state index contributed by atoms with van der Waals surface area (Å²) < 4.78 is 5.83. The minimum atomic E-state index is -1.68. The van der Waals surface area contributed by atoms with Crippen molar-refractivity contribution in [2.45, 2.75) is 45.3 Å². The molecule has 1 N–H and O–H groups in total. The molecular formula is C9H20ClNO2Si. The van der Waals surface area contributed by atoms with Gasteiger partial charge < -0.3 is 9.63 Å². The summed E-state index contributed by atoms with van der Waals surface area (Å²) in [5.74, 6) is 0. The largest absolute Gasteiger partial charge is 0.416 e. The van der Waals surface area contributed by atoms with Gasteiger partial charge in [-0.1, -0.05) is 37.5 Å². The third-order valence-electron chi connectivity index (χ3n) is 2.69. The molecule has 0 atom stereocenters. The van der Waals surface area contributed by atoms with E-state index in [1.807, 2.05) is 0 Å². The highest BCUT2D eigenvalue weighted by Gasteiger charge is 2.36. The zero-order valence-corrected chi connectivity index (χ0v) is 11.4. The second-order valence-corrected chi connectivity index (χ2v) is 10.1. The van der Waals surface area contributed by atoms with Crippen LogP contribution in [0.4, 0.5) is 0 Å². The highest BCUT2D eigenvalue weighted by atomic mass is 35.5. The van der Waals surface area contributed by atoms with E-state index in [1.54, 1.807) is 0 Å². The van der Waals surface area contributed by atoms with Crippen LogP contribution in [0.25, 0.3) is 0 Å². The average molecular weight is 238 g/mol. The zero-order chi connectivity index (χ0) is 11.4. The van der Waals surface area contributed by atoms with Crippen molar-refractivity contribution in [2.75, 3.05) is 6.61 Å². The predicted octanol–water partition coefficient (Wildman–Crippen LogP) is 3.42. The molecule has 0 rings (SSSR count). The van der Waals surface area contributed by atoms with Crippen molar-refractivity contribution in [3.05, 3.63) is 0 Å². The molecule has 0 fully saturated rings. The lowest BCUT2D eigenvalue weighted by Crippen LogP contribution is -2.41.